The summed E-state index contributed by atoms with van der Waals surface area (Å²) in [5.41, 5.74) is 13.0. The molecule has 1 nitrogen and oxygen atoms in total. The lowest BCUT2D eigenvalue weighted by atomic mass is 9.83. The van der Waals surface area contributed by atoms with Crippen molar-refractivity contribution in [2.45, 2.75) is 26.2 Å². The molecule has 0 radical (unpaired) electrons. The summed E-state index contributed by atoms with van der Waals surface area (Å²) in [6.07, 6.45) is 0. The zero-order valence-electron chi connectivity index (χ0n) is 29.0. The lowest BCUT2D eigenvalue weighted by molar-refractivity contribution is 0.590. The van der Waals surface area contributed by atoms with Gasteiger partial charge >= 0.3 is 0 Å². The van der Waals surface area contributed by atoms with E-state index in [0.29, 0.717) is 0 Å². The first-order valence-electron chi connectivity index (χ1n) is 17.8. The van der Waals surface area contributed by atoms with Crippen LogP contribution in [0.5, 0.6) is 0 Å². The molecule has 0 aliphatic heterocycles. The molecule has 9 aromatic carbocycles. The van der Waals surface area contributed by atoms with E-state index in [1.165, 1.54) is 71.3 Å². The maximum atomic E-state index is 6.41. The van der Waals surface area contributed by atoms with E-state index in [-0.39, 0.29) is 5.41 Å². The summed E-state index contributed by atoms with van der Waals surface area (Å²) in [6.45, 7) is 6.83. The summed E-state index contributed by atoms with van der Waals surface area (Å²) in [6, 6.07) is 60.2. The van der Waals surface area contributed by atoms with Crippen molar-refractivity contribution in [3.8, 4) is 44.5 Å². The van der Waals surface area contributed by atoms with Crippen LogP contribution in [0.15, 0.2) is 168 Å². The molecule has 0 atom stereocenters. The molecule has 10 aromatic rings. The van der Waals surface area contributed by atoms with E-state index in [9.17, 15) is 0 Å². The Balaban J connectivity index is 1.18. The van der Waals surface area contributed by atoms with Gasteiger partial charge < -0.3 is 4.42 Å². The highest BCUT2D eigenvalue weighted by molar-refractivity contribution is 6.28. The van der Waals surface area contributed by atoms with E-state index >= 15 is 0 Å². The zero-order chi connectivity index (χ0) is 34.3. The minimum absolute atomic E-state index is 0.0945. The van der Waals surface area contributed by atoms with Gasteiger partial charge in [-0.2, -0.15) is 0 Å². The van der Waals surface area contributed by atoms with E-state index in [1.807, 2.05) is 12.1 Å². The van der Waals surface area contributed by atoms with E-state index in [4.69, 9.17) is 4.42 Å². The maximum absolute atomic E-state index is 6.41. The fourth-order valence-electron chi connectivity index (χ4n) is 8.14. The van der Waals surface area contributed by atoms with Crippen LogP contribution in [-0.4, -0.2) is 0 Å². The largest absolute Gasteiger partial charge is 0.455 e. The molecule has 0 saturated carbocycles. The third kappa shape index (κ3) is 4.77. The minimum Gasteiger partial charge on any atom is -0.455 e. The van der Waals surface area contributed by atoms with Gasteiger partial charge in [-0.1, -0.05) is 160 Å². The number of rotatable bonds is 4. The fraction of sp³-hybridized carbons (Fsp3) is 0.0800. The third-order valence-corrected chi connectivity index (χ3v) is 10.8. The molecule has 1 heterocycles. The van der Waals surface area contributed by atoms with Gasteiger partial charge in [0.2, 0.25) is 0 Å². The lowest BCUT2D eigenvalue weighted by Gasteiger charge is -2.21. The van der Waals surface area contributed by atoms with Gasteiger partial charge in [0.1, 0.15) is 11.2 Å². The number of benzene rings is 9. The van der Waals surface area contributed by atoms with E-state index < -0.39 is 0 Å². The highest BCUT2D eigenvalue weighted by atomic mass is 16.3. The Hall–Kier alpha value is -6.18. The smallest absolute Gasteiger partial charge is 0.143 e. The number of fused-ring (bicyclic) bond motifs is 3. The second-order valence-electron chi connectivity index (χ2n) is 14.9. The predicted molar refractivity (Wildman–Crippen MR) is 218 cm³/mol. The van der Waals surface area contributed by atoms with Crippen molar-refractivity contribution in [2.75, 3.05) is 0 Å². The van der Waals surface area contributed by atoms with Gasteiger partial charge in [-0.3, -0.25) is 0 Å². The van der Waals surface area contributed by atoms with E-state index in [0.717, 1.165) is 33.1 Å². The van der Waals surface area contributed by atoms with Gasteiger partial charge in [0.25, 0.3) is 0 Å². The standard InChI is InChI=1S/C50H36O/c1-50(2,3)38-24-20-34(21-25-38)45-30-44(33-18-16-32(17-19-33)39-13-9-14-43-40-12-7-8-15-46(40)51-49(39)43)41-26-22-35-28-37(31-10-5-4-6-11-31)29-36-23-27-42(45)48(41)47(35)36/h4-30H,1-3H3. The molecule has 0 unspecified atom stereocenters. The number of furan rings is 1. The monoisotopic (exact) mass is 652 g/mol. The molecule has 1 heteroatoms. The normalized spacial score (nSPS) is 12.2. The zero-order valence-corrected chi connectivity index (χ0v) is 29.0. The molecule has 0 fully saturated rings. The Bertz CT molecular complexity index is 2880. The summed E-state index contributed by atoms with van der Waals surface area (Å²) >= 11 is 0. The van der Waals surface area contributed by atoms with Crippen LogP contribution < -0.4 is 0 Å². The lowest BCUT2D eigenvalue weighted by Crippen LogP contribution is -2.10. The van der Waals surface area contributed by atoms with Crippen LogP contribution in [-0.2, 0) is 5.41 Å². The molecule has 0 bridgehead atoms. The highest BCUT2D eigenvalue weighted by Gasteiger charge is 2.19. The van der Waals surface area contributed by atoms with Crippen molar-refractivity contribution in [1.29, 1.82) is 0 Å². The Labute approximate surface area is 297 Å². The summed E-state index contributed by atoms with van der Waals surface area (Å²) in [5, 5.41) is 10.1. The molecule has 10 rings (SSSR count). The summed E-state index contributed by atoms with van der Waals surface area (Å²) in [5.74, 6) is 0. The Kier molecular flexibility index (Phi) is 6.51. The maximum Gasteiger partial charge on any atom is 0.143 e. The molecule has 0 saturated heterocycles. The summed E-state index contributed by atoms with van der Waals surface area (Å²) < 4.78 is 6.41. The van der Waals surface area contributed by atoms with Crippen molar-refractivity contribution in [3.05, 3.63) is 169 Å². The first-order chi connectivity index (χ1) is 24.9. The second-order valence-corrected chi connectivity index (χ2v) is 14.9. The Morgan fingerprint density at radius 1 is 0.373 bits per heavy atom. The number of hydrogen-bond donors (Lipinski definition) is 0. The highest BCUT2D eigenvalue weighted by Crippen LogP contribution is 2.46. The molecular formula is C50H36O. The van der Waals surface area contributed by atoms with Crippen molar-refractivity contribution in [2.24, 2.45) is 0 Å². The van der Waals surface area contributed by atoms with Gasteiger partial charge in [-0.25, -0.2) is 0 Å². The summed E-state index contributed by atoms with van der Waals surface area (Å²) in [4.78, 5) is 0. The van der Waals surface area contributed by atoms with Crippen molar-refractivity contribution in [3.63, 3.8) is 0 Å². The van der Waals surface area contributed by atoms with Gasteiger partial charge in [0.15, 0.2) is 0 Å². The predicted octanol–water partition coefficient (Wildman–Crippen LogP) is 14.4. The number of para-hydroxylation sites is 2. The Morgan fingerprint density at radius 2 is 0.941 bits per heavy atom. The Morgan fingerprint density at radius 3 is 1.59 bits per heavy atom. The average Bonchev–Trinajstić information content (AvgIpc) is 3.56. The first-order valence-corrected chi connectivity index (χ1v) is 17.8. The molecule has 0 aliphatic rings. The quantitative estimate of drug-likeness (QED) is 0.172. The van der Waals surface area contributed by atoms with Crippen molar-refractivity contribution >= 4 is 54.3 Å². The molecule has 0 spiro atoms. The molecular weight excluding hydrogens is 617 g/mol. The second kappa shape index (κ2) is 11.2. The molecule has 1 aromatic heterocycles. The molecule has 0 aliphatic carbocycles. The van der Waals surface area contributed by atoms with Crippen LogP contribution in [0.2, 0.25) is 0 Å². The third-order valence-electron chi connectivity index (χ3n) is 10.8. The molecule has 51 heavy (non-hydrogen) atoms. The fourth-order valence-corrected chi connectivity index (χ4v) is 8.14. The van der Waals surface area contributed by atoms with Crippen molar-refractivity contribution in [1.82, 2.24) is 0 Å². The topological polar surface area (TPSA) is 13.1 Å². The molecule has 0 amide bonds. The van der Waals surface area contributed by atoms with Crippen molar-refractivity contribution < 1.29 is 4.42 Å². The summed E-state index contributed by atoms with van der Waals surface area (Å²) in [7, 11) is 0. The average molecular weight is 653 g/mol. The van der Waals surface area contributed by atoms with Crippen LogP contribution in [0, 0.1) is 0 Å². The van der Waals surface area contributed by atoms with Gasteiger partial charge in [0.05, 0.1) is 0 Å². The minimum atomic E-state index is 0.0945. The van der Waals surface area contributed by atoms with E-state index in [2.05, 4.69) is 172 Å². The van der Waals surface area contributed by atoms with Crippen LogP contribution >= 0.6 is 0 Å². The van der Waals surface area contributed by atoms with Crippen LogP contribution in [0.25, 0.3) is 98.8 Å². The van der Waals surface area contributed by atoms with Gasteiger partial charge in [-0.15, -0.1) is 0 Å². The van der Waals surface area contributed by atoms with Crippen LogP contribution in [0.1, 0.15) is 26.3 Å². The first kappa shape index (κ1) is 29.7. The number of hydrogen-bond acceptors (Lipinski definition) is 1. The molecule has 0 N–H and O–H groups in total. The van der Waals surface area contributed by atoms with Gasteiger partial charge in [0, 0.05) is 16.3 Å². The SMILES string of the molecule is CC(C)(C)c1ccc(-c2cc(-c3ccc(-c4cccc5c4oc4ccccc45)cc3)c3ccc4cc(-c5ccccc5)cc5ccc2c3c45)cc1. The van der Waals surface area contributed by atoms with Crippen LogP contribution in [0.4, 0.5) is 0 Å². The van der Waals surface area contributed by atoms with E-state index in [1.54, 1.807) is 0 Å². The van der Waals surface area contributed by atoms with Crippen LogP contribution in [0.3, 0.4) is 0 Å². The van der Waals surface area contributed by atoms with Gasteiger partial charge in [-0.05, 0) is 107 Å². The molecule has 242 valence electrons.